The first-order chi connectivity index (χ1) is 18.1. The van der Waals surface area contributed by atoms with Gasteiger partial charge >= 0.3 is 0 Å². The molecule has 2 bridgehead atoms. The van der Waals surface area contributed by atoms with Crippen LogP contribution in [0.25, 0.3) is 0 Å². The summed E-state index contributed by atoms with van der Waals surface area (Å²) in [5.74, 6) is -1.69. The zero-order valence-corrected chi connectivity index (χ0v) is 25.0. The highest BCUT2D eigenvalue weighted by Gasteiger charge is 2.76. The van der Waals surface area contributed by atoms with Gasteiger partial charge in [0.1, 0.15) is 6.04 Å². The van der Waals surface area contributed by atoms with Crippen LogP contribution in [0.5, 0.6) is 0 Å². The highest BCUT2D eigenvalue weighted by molar-refractivity contribution is 9.09. The number of likely N-dealkylation sites (N-methyl/N-ethyl adjacent to an activating group) is 1. The molecule has 4 rings (SSSR count). The van der Waals surface area contributed by atoms with Crippen LogP contribution >= 0.6 is 27.7 Å². The van der Waals surface area contributed by atoms with E-state index in [2.05, 4.69) is 29.1 Å². The third-order valence-corrected chi connectivity index (χ3v) is 11.6. The van der Waals surface area contributed by atoms with E-state index in [-0.39, 0.29) is 41.0 Å². The second-order valence-corrected chi connectivity index (χ2v) is 13.4. The molecule has 0 aliphatic carbocycles. The number of carbonyl (C=O) groups is 3. The number of aliphatic hydroxyl groups is 1. The zero-order valence-electron chi connectivity index (χ0n) is 22.6. The van der Waals surface area contributed by atoms with Gasteiger partial charge in [0.25, 0.3) is 5.91 Å². The molecule has 1 aromatic carbocycles. The third kappa shape index (κ3) is 4.34. The molecule has 0 aromatic heterocycles. The summed E-state index contributed by atoms with van der Waals surface area (Å²) in [6.45, 7) is 13.9. The Morgan fingerprint density at radius 3 is 2.42 bits per heavy atom. The summed E-state index contributed by atoms with van der Waals surface area (Å²) < 4.78 is -0.777. The Labute approximate surface area is 238 Å². The third-order valence-electron chi connectivity index (χ3n) is 8.39. The summed E-state index contributed by atoms with van der Waals surface area (Å²) in [6, 6.07) is 4.58. The van der Waals surface area contributed by atoms with E-state index in [0.717, 1.165) is 16.8 Å². The second kappa shape index (κ2) is 11.2. The maximum absolute atomic E-state index is 14.7. The Morgan fingerprint density at radius 1 is 1.24 bits per heavy atom. The molecule has 3 aliphatic rings. The number of likely N-dealkylation sites (tertiary alicyclic amines) is 1. The van der Waals surface area contributed by atoms with Crippen molar-refractivity contribution in [2.24, 2.45) is 11.8 Å². The van der Waals surface area contributed by atoms with E-state index < -0.39 is 28.7 Å². The van der Waals surface area contributed by atoms with Crippen LogP contribution in [0.2, 0.25) is 0 Å². The van der Waals surface area contributed by atoms with E-state index >= 15 is 0 Å². The van der Waals surface area contributed by atoms with E-state index in [1.54, 1.807) is 45.7 Å². The molecule has 3 fully saturated rings. The van der Waals surface area contributed by atoms with Crippen LogP contribution < -0.4 is 4.90 Å². The van der Waals surface area contributed by atoms with Crippen LogP contribution in [0, 0.1) is 25.7 Å². The highest BCUT2D eigenvalue weighted by Crippen LogP contribution is 2.68. The number of thioether (sulfide) groups is 1. The average molecular weight is 605 g/mol. The minimum absolute atomic E-state index is 0.0138. The number of halogens is 1. The molecule has 0 radical (unpaired) electrons. The number of hydrogen-bond donors (Lipinski definition) is 1. The maximum Gasteiger partial charge on any atom is 0.251 e. The number of anilines is 1. The average Bonchev–Trinajstić information content (AvgIpc) is 3.47. The highest BCUT2D eigenvalue weighted by atomic mass is 79.9. The molecule has 7 atom stereocenters. The molecule has 1 N–H and O–H groups in total. The number of rotatable bonds is 10. The van der Waals surface area contributed by atoms with Gasteiger partial charge in [-0.05, 0) is 37.8 Å². The second-order valence-electron chi connectivity index (χ2n) is 10.6. The monoisotopic (exact) mass is 603 g/mol. The SMILES string of the molecule is C=CCN(C)C(=O)[C@H]1[C@@H]2SC3(CC2Br)C(C(=O)N(CC=C)c2c(C)cccc2C)N([C@@H](CC)CO)C(=O)[C@H]13. The first-order valence-corrected chi connectivity index (χ1v) is 15.0. The standard InChI is InChI=1S/C29H38BrN3O4S/c1-7-13-31(6)26(35)21-22-27(36)33(19(9-3)16-34)25(29(22)15-20(30)24(21)38-29)28(37)32(14-8-2)23-17(4)11-10-12-18(23)5/h7-8,10-12,19-22,24-25,34H,1-2,9,13-16H2,3-6H3/t19-,20?,21+,22-,24+,25?,29?/m0/s1. The molecule has 3 heterocycles. The summed E-state index contributed by atoms with van der Waals surface area (Å²) in [6.07, 6.45) is 4.47. The molecule has 3 amide bonds. The predicted octanol–water partition coefficient (Wildman–Crippen LogP) is 3.70. The molecule has 9 heteroatoms. The molecule has 1 spiro atoms. The normalized spacial score (nSPS) is 30.2. The summed E-state index contributed by atoms with van der Waals surface area (Å²) in [5.41, 5.74) is 2.73. The molecule has 3 aliphatic heterocycles. The lowest BCUT2D eigenvalue weighted by Gasteiger charge is -2.40. The largest absolute Gasteiger partial charge is 0.394 e. The lowest BCUT2D eigenvalue weighted by Crippen LogP contribution is -2.58. The van der Waals surface area contributed by atoms with Crippen molar-refractivity contribution in [1.29, 1.82) is 0 Å². The molecule has 38 heavy (non-hydrogen) atoms. The number of benzene rings is 1. The maximum atomic E-state index is 14.7. The van der Waals surface area contributed by atoms with Gasteiger partial charge in [-0.15, -0.1) is 24.9 Å². The first kappa shape index (κ1) is 28.9. The molecular weight excluding hydrogens is 566 g/mol. The summed E-state index contributed by atoms with van der Waals surface area (Å²) >= 11 is 5.43. The summed E-state index contributed by atoms with van der Waals surface area (Å²) in [7, 11) is 1.73. The lowest BCUT2D eigenvalue weighted by molar-refractivity contribution is -0.144. The fourth-order valence-electron chi connectivity index (χ4n) is 6.77. The van der Waals surface area contributed by atoms with Crippen LogP contribution in [-0.4, -0.2) is 86.3 Å². The number of alkyl halides is 1. The number of carbonyl (C=O) groups excluding carboxylic acids is 3. The van der Waals surface area contributed by atoms with Gasteiger partial charge in [-0.2, -0.15) is 0 Å². The fraction of sp³-hybridized carbons (Fsp3) is 0.552. The molecule has 3 unspecified atom stereocenters. The van der Waals surface area contributed by atoms with Crippen molar-refractivity contribution in [3.63, 3.8) is 0 Å². The van der Waals surface area contributed by atoms with E-state index in [1.807, 2.05) is 39.0 Å². The van der Waals surface area contributed by atoms with E-state index in [0.29, 0.717) is 19.4 Å². The van der Waals surface area contributed by atoms with E-state index in [4.69, 9.17) is 0 Å². The van der Waals surface area contributed by atoms with Gasteiger partial charge in [-0.3, -0.25) is 14.4 Å². The Hall–Kier alpha value is -2.10. The van der Waals surface area contributed by atoms with Crippen LogP contribution in [-0.2, 0) is 14.4 Å². The van der Waals surface area contributed by atoms with Crippen molar-refractivity contribution in [2.75, 3.05) is 31.6 Å². The van der Waals surface area contributed by atoms with Crippen molar-refractivity contribution in [1.82, 2.24) is 9.80 Å². The Kier molecular flexibility index (Phi) is 8.50. The smallest absolute Gasteiger partial charge is 0.251 e. The van der Waals surface area contributed by atoms with Gasteiger partial charge < -0.3 is 19.8 Å². The van der Waals surface area contributed by atoms with Crippen LogP contribution in [0.4, 0.5) is 5.69 Å². The van der Waals surface area contributed by atoms with Gasteiger partial charge in [0.2, 0.25) is 11.8 Å². The Bertz CT molecular complexity index is 1120. The fourth-order valence-corrected chi connectivity index (χ4v) is 10.4. The number of para-hydroxylation sites is 1. The molecule has 206 valence electrons. The van der Waals surface area contributed by atoms with Crippen LogP contribution in [0.15, 0.2) is 43.5 Å². The number of aliphatic hydroxyl groups excluding tert-OH is 1. The lowest BCUT2D eigenvalue weighted by atomic mass is 9.70. The number of nitrogens with zero attached hydrogens (tertiary/aromatic N) is 3. The van der Waals surface area contributed by atoms with Crippen molar-refractivity contribution >= 4 is 51.1 Å². The molecule has 0 saturated carbocycles. The number of amides is 3. The number of fused-ring (bicyclic) bond motifs is 1. The van der Waals surface area contributed by atoms with Gasteiger partial charge in [0.15, 0.2) is 0 Å². The van der Waals surface area contributed by atoms with E-state index in [1.165, 1.54) is 0 Å². The van der Waals surface area contributed by atoms with Crippen LogP contribution in [0.3, 0.4) is 0 Å². The summed E-state index contributed by atoms with van der Waals surface area (Å²) in [5, 5.41) is 10.2. The Balaban J connectivity index is 1.87. The summed E-state index contributed by atoms with van der Waals surface area (Å²) in [4.78, 5) is 47.7. The minimum Gasteiger partial charge on any atom is -0.394 e. The quantitative estimate of drug-likeness (QED) is 0.326. The first-order valence-electron chi connectivity index (χ1n) is 13.2. The van der Waals surface area contributed by atoms with Gasteiger partial charge in [-0.25, -0.2) is 0 Å². The number of hydrogen-bond acceptors (Lipinski definition) is 5. The molecule has 3 saturated heterocycles. The van der Waals surface area contributed by atoms with Crippen molar-refractivity contribution in [3.8, 4) is 0 Å². The van der Waals surface area contributed by atoms with Gasteiger partial charge in [0, 0.05) is 35.9 Å². The van der Waals surface area contributed by atoms with Crippen molar-refractivity contribution < 1.29 is 19.5 Å². The van der Waals surface area contributed by atoms with Crippen LogP contribution in [0.1, 0.15) is 30.9 Å². The van der Waals surface area contributed by atoms with Crippen molar-refractivity contribution in [2.45, 2.75) is 60.5 Å². The Morgan fingerprint density at radius 2 is 1.87 bits per heavy atom. The topological polar surface area (TPSA) is 81.2 Å². The predicted molar refractivity (Wildman–Crippen MR) is 157 cm³/mol. The van der Waals surface area contributed by atoms with Gasteiger partial charge in [0.05, 0.1) is 29.2 Å². The zero-order chi connectivity index (χ0) is 27.9. The van der Waals surface area contributed by atoms with Crippen molar-refractivity contribution in [3.05, 3.63) is 54.6 Å². The molecular formula is C29H38BrN3O4S. The van der Waals surface area contributed by atoms with Gasteiger partial charge in [-0.1, -0.05) is 53.2 Å². The molecule has 7 nitrogen and oxygen atoms in total. The minimum atomic E-state index is -0.811. The molecule has 1 aromatic rings. The number of aryl methyl sites for hydroxylation is 2. The van der Waals surface area contributed by atoms with E-state index in [9.17, 15) is 19.5 Å².